The van der Waals surface area contributed by atoms with Gasteiger partial charge in [-0.05, 0) is 13.8 Å². The summed E-state index contributed by atoms with van der Waals surface area (Å²) in [5.41, 5.74) is 2.56. The zero-order chi connectivity index (χ0) is 14.7. The molecule has 1 saturated heterocycles. The minimum absolute atomic E-state index is 0.120. The Morgan fingerprint density at radius 1 is 1.30 bits per heavy atom. The number of hydrogen-bond donors (Lipinski definition) is 2. The smallest absolute Gasteiger partial charge is 0.219 e. The molecule has 0 radical (unpaired) electrons. The Morgan fingerprint density at radius 2 is 1.95 bits per heavy atom. The number of ether oxygens (including phenoxy) is 2. The van der Waals surface area contributed by atoms with Gasteiger partial charge in [-0.2, -0.15) is 4.98 Å². The van der Waals surface area contributed by atoms with Crippen LogP contribution in [0.1, 0.15) is 52.3 Å². The number of nitrogen functional groups attached to an aromatic ring is 1. The summed E-state index contributed by atoms with van der Waals surface area (Å²) in [5.74, 6) is 7.54. The number of aromatic nitrogens is 2. The van der Waals surface area contributed by atoms with E-state index in [0.29, 0.717) is 11.7 Å². The standard InChI is InChI=1S/C14H24N4O2/c1-8(2)14-16-12(18-15)7-13(17-14)20-11-5-9(3)19-10(4)6-11/h7-11H,5-6,15H2,1-4H3,(H,16,17,18). The van der Waals surface area contributed by atoms with E-state index in [9.17, 15) is 0 Å². The van der Waals surface area contributed by atoms with Crippen molar-refractivity contribution in [3.63, 3.8) is 0 Å². The molecule has 1 fully saturated rings. The van der Waals surface area contributed by atoms with Crippen LogP contribution >= 0.6 is 0 Å². The van der Waals surface area contributed by atoms with Gasteiger partial charge in [-0.25, -0.2) is 10.8 Å². The van der Waals surface area contributed by atoms with E-state index in [1.54, 1.807) is 6.07 Å². The van der Waals surface area contributed by atoms with Crippen LogP contribution in [0.25, 0.3) is 0 Å². The summed E-state index contributed by atoms with van der Waals surface area (Å²) in [5, 5.41) is 0. The maximum Gasteiger partial charge on any atom is 0.219 e. The van der Waals surface area contributed by atoms with E-state index >= 15 is 0 Å². The summed E-state index contributed by atoms with van der Waals surface area (Å²) in [4.78, 5) is 8.78. The predicted octanol–water partition coefficient (Wildman–Crippen LogP) is 2.22. The molecular formula is C14H24N4O2. The Morgan fingerprint density at radius 3 is 2.50 bits per heavy atom. The molecule has 1 aliphatic heterocycles. The third-order valence-corrected chi connectivity index (χ3v) is 3.33. The van der Waals surface area contributed by atoms with Crippen molar-refractivity contribution in [1.29, 1.82) is 0 Å². The number of hydrogen-bond acceptors (Lipinski definition) is 6. The van der Waals surface area contributed by atoms with Gasteiger partial charge in [0.15, 0.2) is 0 Å². The van der Waals surface area contributed by atoms with Crippen molar-refractivity contribution < 1.29 is 9.47 Å². The molecule has 3 N–H and O–H groups in total. The van der Waals surface area contributed by atoms with Gasteiger partial charge in [0.2, 0.25) is 5.88 Å². The number of anilines is 1. The molecule has 1 aromatic heterocycles. The molecule has 0 aliphatic carbocycles. The molecule has 0 saturated carbocycles. The van der Waals surface area contributed by atoms with Crippen molar-refractivity contribution in [3.05, 3.63) is 11.9 Å². The number of hydrazine groups is 1. The summed E-state index contributed by atoms with van der Waals surface area (Å²) in [6, 6.07) is 1.73. The monoisotopic (exact) mass is 280 g/mol. The second kappa shape index (κ2) is 6.37. The Labute approximate surface area is 120 Å². The average molecular weight is 280 g/mol. The summed E-state index contributed by atoms with van der Waals surface area (Å²) in [7, 11) is 0. The zero-order valence-electron chi connectivity index (χ0n) is 12.6. The van der Waals surface area contributed by atoms with E-state index in [2.05, 4.69) is 29.2 Å². The van der Waals surface area contributed by atoms with Gasteiger partial charge in [0.05, 0.1) is 12.2 Å². The van der Waals surface area contributed by atoms with Crippen molar-refractivity contribution in [1.82, 2.24) is 9.97 Å². The molecule has 2 atom stereocenters. The topological polar surface area (TPSA) is 82.3 Å². The maximum atomic E-state index is 6.00. The van der Waals surface area contributed by atoms with Crippen molar-refractivity contribution in [2.24, 2.45) is 5.84 Å². The van der Waals surface area contributed by atoms with Gasteiger partial charge in [-0.3, -0.25) is 0 Å². The second-order valence-electron chi connectivity index (χ2n) is 5.72. The van der Waals surface area contributed by atoms with Crippen molar-refractivity contribution in [3.8, 4) is 5.88 Å². The van der Waals surface area contributed by atoms with E-state index in [-0.39, 0.29) is 24.2 Å². The first-order chi connectivity index (χ1) is 9.47. The van der Waals surface area contributed by atoms with Gasteiger partial charge >= 0.3 is 0 Å². The third kappa shape index (κ3) is 3.80. The van der Waals surface area contributed by atoms with Crippen LogP contribution in [0.2, 0.25) is 0 Å². The van der Waals surface area contributed by atoms with Crippen LogP contribution in [0.15, 0.2) is 6.07 Å². The van der Waals surface area contributed by atoms with Crippen LogP contribution in [-0.4, -0.2) is 28.3 Å². The van der Waals surface area contributed by atoms with E-state index in [1.807, 2.05) is 13.8 Å². The van der Waals surface area contributed by atoms with Gasteiger partial charge in [-0.15, -0.1) is 0 Å². The minimum Gasteiger partial charge on any atom is -0.474 e. The zero-order valence-corrected chi connectivity index (χ0v) is 12.6. The highest BCUT2D eigenvalue weighted by Crippen LogP contribution is 2.25. The van der Waals surface area contributed by atoms with Crippen LogP contribution in [-0.2, 0) is 4.74 Å². The predicted molar refractivity (Wildman–Crippen MR) is 77.6 cm³/mol. The molecule has 6 nitrogen and oxygen atoms in total. The normalized spacial score (nSPS) is 26.6. The lowest BCUT2D eigenvalue weighted by Crippen LogP contribution is -2.36. The van der Waals surface area contributed by atoms with E-state index in [0.717, 1.165) is 18.7 Å². The minimum atomic E-state index is 0.120. The van der Waals surface area contributed by atoms with Crippen LogP contribution in [0, 0.1) is 0 Å². The third-order valence-electron chi connectivity index (χ3n) is 3.33. The molecule has 1 aliphatic rings. The molecule has 2 rings (SSSR count). The number of nitrogens with two attached hydrogens (primary N) is 1. The Balaban J connectivity index is 2.13. The van der Waals surface area contributed by atoms with Crippen LogP contribution in [0.5, 0.6) is 5.88 Å². The Hall–Kier alpha value is -1.40. The first-order valence-electron chi connectivity index (χ1n) is 7.15. The molecular weight excluding hydrogens is 256 g/mol. The van der Waals surface area contributed by atoms with Gasteiger partial charge < -0.3 is 14.9 Å². The summed E-state index contributed by atoms with van der Waals surface area (Å²) >= 11 is 0. The van der Waals surface area contributed by atoms with Gasteiger partial charge in [0, 0.05) is 24.8 Å². The fraction of sp³-hybridized carbons (Fsp3) is 0.714. The van der Waals surface area contributed by atoms with Gasteiger partial charge in [-0.1, -0.05) is 13.8 Å². The molecule has 6 heteroatoms. The number of rotatable bonds is 4. The summed E-state index contributed by atoms with van der Waals surface area (Å²) in [6.45, 7) is 8.22. The fourth-order valence-corrected chi connectivity index (χ4v) is 2.45. The number of nitrogens with zero attached hydrogens (tertiary/aromatic N) is 2. The van der Waals surface area contributed by atoms with Crippen LogP contribution < -0.4 is 16.0 Å². The molecule has 0 bridgehead atoms. The highest BCUT2D eigenvalue weighted by atomic mass is 16.5. The lowest BCUT2D eigenvalue weighted by atomic mass is 10.0. The lowest BCUT2D eigenvalue weighted by molar-refractivity contribution is -0.0730. The maximum absolute atomic E-state index is 6.00. The van der Waals surface area contributed by atoms with E-state index in [4.69, 9.17) is 15.3 Å². The highest BCUT2D eigenvalue weighted by molar-refractivity contribution is 5.37. The second-order valence-corrected chi connectivity index (χ2v) is 5.72. The molecule has 2 unspecified atom stereocenters. The molecule has 1 aromatic rings. The van der Waals surface area contributed by atoms with E-state index in [1.165, 1.54) is 0 Å². The summed E-state index contributed by atoms with van der Waals surface area (Å²) in [6.07, 6.45) is 2.28. The first-order valence-corrected chi connectivity index (χ1v) is 7.15. The lowest BCUT2D eigenvalue weighted by Gasteiger charge is -2.32. The fourth-order valence-electron chi connectivity index (χ4n) is 2.45. The van der Waals surface area contributed by atoms with Crippen molar-refractivity contribution in [2.75, 3.05) is 5.43 Å². The van der Waals surface area contributed by atoms with E-state index < -0.39 is 0 Å². The van der Waals surface area contributed by atoms with Crippen LogP contribution in [0.4, 0.5) is 5.82 Å². The number of nitrogens with one attached hydrogen (secondary N) is 1. The SMILES string of the molecule is CC1CC(Oc2cc(NN)nc(C(C)C)n2)CC(C)O1. The molecule has 20 heavy (non-hydrogen) atoms. The molecule has 0 spiro atoms. The Bertz CT molecular complexity index is 443. The van der Waals surface area contributed by atoms with Gasteiger partial charge in [0.1, 0.15) is 17.7 Å². The average Bonchev–Trinajstić information content (AvgIpc) is 2.36. The van der Waals surface area contributed by atoms with Gasteiger partial charge in [0.25, 0.3) is 0 Å². The molecule has 2 heterocycles. The largest absolute Gasteiger partial charge is 0.474 e. The highest BCUT2D eigenvalue weighted by Gasteiger charge is 2.26. The van der Waals surface area contributed by atoms with Crippen molar-refractivity contribution in [2.45, 2.75) is 64.8 Å². The molecule has 0 aromatic carbocycles. The first kappa shape index (κ1) is 15.0. The molecule has 112 valence electrons. The van der Waals surface area contributed by atoms with Crippen molar-refractivity contribution >= 4 is 5.82 Å². The summed E-state index contributed by atoms with van der Waals surface area (Å²) < 4.78 is 11.7. The molecule has 0 amide bonds. The van der Waals surface area contributed by atoms with Crippen LogP contribution in [0.3, 0.4) is 0 Å². The Kier molecular flexibility index (Phi) is 4.77. The quantitative estimate of drug-likeness (QED) is 0.650.